The minimum atomic E-state index is 0.659. The Morgan fingerprint density at radius 2 is 1.28 bits per heavy atom. The molecule has 0 fully saturated rings. The molecular weight excluding hydrogens is 364 g/mol. The van der Waals surface area contributed by atoms with Crippen LogP contribution in [-0.4, -0.2) is 24.2 Å². The van der Waals surface area contributed by atoms with Crippen LogP contribution >= 0.6 is 31.9 Å². The molecule has 0 aliphatic rings. The summed E-state index contributed by atoms with van der Waals surface area (Å²) >= 11 is 6.84. The number of ether oxygens (including phenoxy) is 2. The SMILES string of the molecule is COc1cc2nc(CBr)c(CBr)nc2cc1OC. The zero-order valence-corrected chi connectivity index (χ0v) is 13.2. The topological polar surface area (TPSA) is 44.2 Å². The number of hydrogen-bond donors (Lipinski definition) is 0. The summed E-state index contributed by atoms with van der Waals surface area (Å²) in [6, 6.07) is 3.68. The summed E-state index contributed by atoms with van der Waals surface area (Å²) in [4.78, 5) is 9.15. The quantitative estimate of drug-likeness (QED) is 0.768. The summed E-state index contributed by atoms with van der Waals surface area (Å²) in [6.07, 6.45) is 0. The fraction of sp³-hybridized carbons (Fsp3) is 0.333. The zero-order chi connectivity index (χ0) is 13.1. The molecule has 0 radical (unpaired) electrons. The third kappa shape index (κ3) is 2.44. The van der Waals surface area contributed by atoms with Gasteiger partial charge in [-0.2, -0.15) is 0 Å². The molecule has 2 aromatic rings. The average Bonchev–Trinajstić information content (AvgIpc) is 2.43. The molecule has 0 saturated heterocycles. The number of rotatable bonds is 4. The monoisotopic (exact) mass is 374 g/mol. The molecule has 18 heavy (non-hydrogen) atoms. The Morgan fingerprint density at radius 3 is 1.56 bits per heavy atom. The summed E-state index contributed by atoms with van der Waals surface area (Å²) < 4.78 is 10.5. The smallest absolute Gasteiger partial charge is 0.163 e. The van der Waals surface area contributed by atoms with Gasteiger partial charge in [0.15, 0.2) is 11.5 Å². The minimum Gasteiger partial charge on any atom is -0.493 e. The Morgan fingerprint density at radius 1 is 0.889 bits per heavy atom. The first kappa shape index (κ1) is 13.5. The lowest BCUT2D eigenvalue weighted by Gasteiger charge is -2.10. The standard InChI is InChI=1S/C12H12Br2N2O2/c1-17-11-3-7-8(4-12(11)18-2)16-10(6-14)9(5-13)15-7/h3-4H,5-6H2,1-2H3. The summed E-state index contributed by atoms with van der Waals surface area (Å²) in [6.45, 7) is 0. The maximum absolute atomic E-state index is 5.26. The second kappa shape index (κ2) is 5.84. The Kier molecular flexibility index (Phi) is 4.40. The van der Waals surface area contributed by atoms with E-state index in [0.717, 1.165) is 22.4 Å². The molecule has 0 amide bonds. The second-order valence-corrected chi connectivity index (χ2v) is 4.70. The van der Waals surface area contributed by atoms with Gasteiger partial charge in [-0.05, 0) is 0 Å². The van der Waals surface area contributed by atoms with Crippen LogP contribution < -0.4 is 9.47 Å². The summed E-state index contributed by atoms with van der Waals surface area (Å²) in [5.41, 5.74) is 3.44. The van der Waals surface area contributed by atoms with E-state index in [9.17, 15) is 0 Å². The van der Waals surface area contributed by atoms with Crippen molar-refractivity contribution in [2.24, 2.45) is 0 Å². The van der Waals surface area contributed by atoms with Crippen LogP contribution in [0.25, 0.3) is 11.0 Å². The number of halogens is 2. The van der Waals surface area contributed by atoms with Crippen molar-refractivity contribution in [1.82, 2.24) is 9.97 Å². The first-order chi connectivity index (χ1) is 8.73. The molecule has 0 N–H and O–H groups in total. The van der Waals surface area contributed by atoms with Crippen LogP contribution in [0.1, 0.15) is 11.4 Å². The number of fused-ring (bicyclic) bond motifs is 1. The maximum atomic E-state index is 5.26. The van der Waals surface area contributed by atoms with E-state index < -0.39 is 0 Å². The van der Waals surface area contributed by atoms with Crippen molar-refractivity contribution in [2.45, 2.75) is 10.7 Å². The highest BCUT2D eigenvalue weighted by Gasteiger charge is 2.11. The molecule has 1 aromatic heterocycles. The van der Waals surface area contributed by atoms with Gasteiger partial charge in [-0.1, -0.05) is 31.9 Å². The number of aromatic nitrogens is 2. The fourth-order valence-corrected chi connectivity index (χ4v) is 2.57. The number of alkyl halides is 2. The number of hydrogen-bond acceptors (Lipinski definition) is 4. The molecule has 1 heterocycles. The molecule has 0 aliphatic carbocycles. The van der Waals surface area contributed by atoms with Crippen LogP contribution in [0.4, 0.5) is 0 Å². The van der Waals surface area contributed by atoms with Crippen molar-refractivity contribution < 1.29 is 9.47 Å². The number of methoxy groups -OCH3 is 2. The lowest BCUT2D eigenvalue weighted by Crippen LogP contribution is -2.00. The highest BCUT2D eigenvalue weighted by Crippen LogP contribution is 2.31. The van der Waals surface area contributed by atoms with E-state index in [1.165, 1.54) is 0 Å². The van der Waals surface area contributed by atoms with Crippen molar-refractivity contribution >= 4 is 42.9 Å². The molecule has 96 valence electrons. The van der Waals surface area contributed by atoms with E-state index in [-0.39, 0.29) is 0 Å². The van der Waals surface area contributed by atoms with Crippen LogP contribution in [0, 0.1) is 0 Å². The predicted molar refractivity (Wildman–Crippen MR) is 77.9 cm³/mol. The van der Waals surface area contributed by atoms with E-state index in [2.05, 4.69) is 41.8 Å². The molecule has 6 heteroatoms. The van der Waals surface area contributed by atoms with E-state index in [1.54, 1.807) is 14.2 Å². The van der Waals surface area contributed by atoms with Gasteiger partial charge in [-0.25, -0.2) is 9.97 Å². The Hall–Kier alpha value is -0.880. The van der Waals surface area contributed by atoms with Crippen LogP contribution in [0.3, 0.4) is 0 Å². The van der Waals surface area contributed by atoms with Gasteiger partial charge in [0.2, 0.25) is 0 Å². The van der Waals surface area contributed by atoms with Crippen LogP contribution in [-0.2, 0) is 10.7 Å². The molecule has 0 bridgehead atoms. The first-order valence-corrected chi connectivity index (χ1v) is 7.51. The van der Waals surface area contributed by atoms with Crippen molar-refractivity contribution in [2.75, 3.05) is 14.2 Å². The molecule has 0 aliphatic heterocycles. The fourth-order valence-electron chi connectivity index (χ4n) is 1.67. The third-order valence-electron chi connectivity index (χ3n) is 2.58. The molecule has 0 spiro atoms. The Labute approximate surface area is 122 Å². The van der Waals surface area contributed by atoms with Crippen molar-refractivity contribution in [3.8, 4) is 11.5 Å². The molecule has 0 unspecified atom stereocenters. The Balaban J connectivity index is 2.69. The molecule has 4 nitrogen and oxygen atoms in total. The van der Waals surface area contributed by atoms with Gasteiger partial charge in [0.05, 0.1) is 36.6 Å². The number of nitrogens with zero attached hydrogens (tertiary/aromatic N) is 2. The summed E-state index contributed by atoms with van der Waals surface area (Å²) in [5.74, 6) is 1.32. The van der Waals surface area contributed by atoms with Gasteiger partial charge in [-0.3, -0.25) is 0 Å². The molecular formula is C12H12Br2N2O2. The van der Waals surface area contributed by atoms with E-state index in [0.29, 0.717) is 22.2 Å². The van der Waals surface area contributed by atoms with Gasteiger partial charge in [0.25, 0.3) is 0 Å². The zero-order valence-electron chi connectivity index (χ0n) is 10.0. The normalized spacial score (nSPS) is 10.7. The average molecular weight is 376 g/mol. The highest BCUT2D eigenvalue weighted by molar-refractivity contribution is 9.09. The van der Waals surface area contributed by atoms with E-state index >= 15 is 0 Å². The first-order valence-electron chi connectivity index (χ1n) is 5.27. The summed E-state index contributed by atoms with van der Waals surface area (Å²) in [7, 11) is 3.21. The molecule has 0 saturated carbocycles. The van der Waals surface area contributed by atoms with E-state index in [1.807, 2.05) is 12.1 Å². The third-order valence-corrected chi connectivity index (χ3v) is 3.64. The lowest BCUT2D eigenvalue weighted by molar-refractivity contribution is 0.355. The van der Waals surface area contributed by atoms with Gasteiger partial charge in [-0.15, -0.1) is 0 Å². The maximum Gasteiger partial charge on any atom is 0.163 e. The largest absolute Gasteiger partial charge is 0.493 e. The van der Waals surface area contributed by atoms with Crippen LogP contribution in [0.15, 0.2) is 12.1 Å². The second-order valence-electron chi connectivity index (χ2n) is 3.58. The lowest BCUT2D eigenvalue weighted by atomic mass is 10.2. The minimum absolute atomic E-state index is 0.659. The predicted octanol–water partition coefficient (Wildman–Crippen LogP) is 3.44. The number of benzene rings is 1. The molecule has 2 rings (SSSR count). The van der Waals surface area contributed by atoms with E-state index in [4.69, 9.17) is 9.47 Å². The van der Waals surface area contributed by atoms with Gasteiger partial charge in [0, 0.05) is 22.8 Å². The Bertz CT molecular complexity index is 478. The summed E-state index contributed by atoms with van der Waals surface area (Å²) in [5, 5.41) is 1.34. The highest BCUT2D eigenvalue weighted by atomic mass is 79.9. The molecule has 1 aromatic carbocycles. The van der Waals surface area contributed by atoms with Gasteiger partial charge >= 0.3 is 0 Å². The molecule has 0 atom stereocenters. The van der Waals surface area contributed by atoms with Crippen molar-refractivity contribution in [1.29, 1.82) is 0 Å². The van der Waals surface area contributed by atoms with Crippen molar-refractivity contribution in [3.05, 3.63) is 23.5 Å². The van der Waals surface area contributed by atoms with Gasteiger partial charge in [0.1, 0.15) is 0 Å². The van der Waals surface area contributed by atoms with Crippen LogP contribution in [0.2, 0.25) is 0 Å². The van der Waals surface area contributed by atoms with Crippen LogP contribution in [0.5, 0.6) is 11.5 Å². The van der Waals surface area contributed by atoms with Crippen molar-refractivity contribution in [3.63, 3.8) is 0 Å². The van der Waals surface area contributed by atoms with Gasteiger partial charge < -0.3 is 9.47 Å².